The van der Waals surface area contributed by atoms with Crippen molar-refractivity contribution in [1.82, 2.24) is 39.5 Å². The van der Waals surface area contributed by atoms with Crippen LogP contribution in [0, 0.1) is 6.92 Å². The first-order valence-corrected chi connectivity index (χ1v) is 16.9. The summed E-state index contributed by atoms with van der Waals surface area (Å²) in [5.41, 5.74) is 5.73. The average Bonchev–Trinajstić information content (AvgIpc) is 3.68. The molecule has 1 aliphatic carbocycles. The van der Waals surface area contributed by atoms with E-state index in [2.05, 4.69) is 77.5 Å². The number of ether oxygens (including phenoxy) is 1. The highest BCUT2D eigenvalue weighted by atomic mass is 16.5. The first kappa shape index (κ1) is 31.8. The van der Waals surface area contributed by atoms with E-state index in [9.17, 15) is 4.79 Å². The Bertz CT molecular complexity index is 1900. The predicted molar refractivity (Wildman–Crippen MR) is 187 cm³/mol. The van der Waals surface area contributed by atoms with Gasteiger partial charge in [-0.1, -0.05) is 62.7 Å². The molecule has 0 radical (unpaired) electrons. The summed E-state index contributed by atoms with van der Waals surface area (Å²) >= 11 is 0. The molecule has 1 aliphatic heterocycles. The first-order valence-electron chi connectivity index (χ1n) is 16.9. The van der Waals surface area contributed by atoms with Crippen LogP contribution < -0.4 is 15.4 Å². The molecule has 0 saturated carbocycles. The maximum absolute atomic E-state index is 13.5. The van der Waals surface area contributed by atoms with Crippen molar-refractivity contribution in [2.75, 3.05) is 38.5 Å². The van der Waals surface area contributed by atoms with Crippen molar-refractivity contribution < 1.29 is 9.53 Å². The Morgan fingerprint density at radius 2 is 1.69 bits per heavy atom. The Hall–Kier alpha value is -4.74. The second-order valence-corrected chi connectivity index (χ2v) is 14.2. The van der Waals surface area contributed by atoms with Crippen LogP contribution in [0.25, 0.3) is 11.3 Å². The van der Waals surface area contributed by atoms with Gasteiger partial charge in [0.2, 0.25) is 0 Å². The van der Waals surface area contributed by atoms with Crippen LogP contribution in [0.15, 0.2) is 72.9 Å². The number of rotatable bonds is 7. The number of nitrogens with zero attached hydrogens (tertiary/aromatic N) is 7. The zero-order chi connectivity index (χ0) is 33.4. The number of urea groups is 1. The predicted octanol–water partition coefficient (Wildman–Crippen LogP) is 6.05. The lowest BCUT2D eigenvalue weighted by Crippen LogP contribution is -2.44. The molecule has 48 heavy (non-hydrogen) atoms. The maximum atomic E-state index is 13.5. The van der Waals surface area contributed by atoms with E-state index in [-0.39, 0.29) is 23.6 Å². The SMILES string of the molecule is Cc1ccc(-n2nc(C(C)(C)C)cc2NC(=O)N[C@H]2CC[C@@H](Oc3ccc4nnc(CN5CCN(C)CC5)n4c3)c3ccccc32)cc1. The number of nitrogens with one attached hydrogen (secondary N) is 2. The smallest absolute Gasteiger partial charge is 0.320 e. The molecule has 1 saturated heterocycles. The number of pyridine rings is 1. The van der Waals surface area contributed by atoms with Gasteiger partial charge in [0.1, 0.15) is 17.7 Å². The quantitative estimate of drug-likeness (QED) is 0.222. The number of anilines is 1. The molecule has 0 unspecified atom stereocenters. The van der Waals surface area contributed by atoms with Gasteiger partial charge in [-0.2, -0.15) is 5.10 Å². The number of hydrogen-bond donors (Lipinski definition) is 2. The summed E-state index contributed by atoms with van der Waals surface area (Å²) in [5, 5.41) is 20.1. The highest BCUT2D eigenvalue weighted by Crippen LogP contribution is 2.39. The molecule has 0 spiro atoms. The number of piperazine rings is 1. The van der Waals surface area contributed by atoms with Gasteiger partial charge in [0.15, 0.2) is 11.5 Å². The average molecular weight is 648 g/mol. The van der Waals surface area contributed by atoms with Crippen LogP contribution in [0.2, 0.25) is 0 Å². The molecular formula is C37H45N9O2. The standard InChI is InChI=1S/C37H45N9O2/c1-25-10-12-26(13-11-25)46-34(22-32(42-46)37(2,3)4)39-36(47)38-30-15-16-31(29-9-7-6-8-28(29)30)48-27-14-17-33-40-41-35(45(33)23-27)24-44-20-18-43(5)19-21-44/h6-14,17,22-23,30-31H,15-16,18-21,24H2,1-5H3,(H2,38,39,47)/t30-,31+/m0/s1. The number of fused-ring (bicyclic) bond motifs is 2. The zero-order valence-electron chi connectivity index (χ0n) is 28.5. The van der Waals surface area contributed by atoms with Gasteiger partial charge >= 0.3 is 6.03 Å². The molecule has 5 aromatic rings. The van der Waals surface area contributed by atoms with Gasteiger partial charge in [-0.3, -0.25) is 14.6 Å². The molecule has 11 nitrogen and oxygen atoms in total. The lowest BCUT2D eigenvalue weighted by molar-refractivity contribution is 0.145. The molecule has 3 aromatic heterocycles. The van der Waals surface area contributed by atoms with Crippen molar-refractivity contribution in [2.45, 2.75) is 64.6 Å². The second-order valence-electron chi connectivity index (χ2n) is 14.2. The van der Waals surface area contributed by atoms with E-state index in [0.717, 1.165) is 90.9 Å². The third kappa shape index (κ3) is 6.79. The summed E-state index contributed by atoms with van der Waals surface area (Å²) in [5.74, 6) is 2.31. The van der Waals surface area contributed by atoms with E-state index in [4.69, 9.17) is 9.84 Å². The Morgan fingerprint density at radius 1 is 0.938 bits per heavy atom. The molecule has 2 amide bonds. The molecule has 11 heteroatoms. The Kier molecular flexibility index (Phi) is 8.65. The van der Waals surface area contributed by atoms with Crippen molar-refractivity contribution in [3.63, 3.8) is 0 Å². The summed E-state index contributed by atoms with van der Waals surface area (Å²) in [6, 6.07) is 21.8. The third-order valence-corrected chi connectivity index (χ3v) is 9.42. The highest BCUT2D eigenvalue weighted by molar-refractivity contribution is 5.89. The van der Waals surface area contributed by atoms with Crippen LogP contribution >= 0.6 is 0 Å². The van der Waals surface area contributed by atoms with Gasteiger partial charge in [0, 0.05) is 37.7 Å². The highest BCUT2D eigenvalue weighted by Gasteiger charge is 2.30. The summed E-state index contributed by atoms with van der Waals surface area (Å²) in [7, 11) is 2.16. The molecule has 2 atom stereocenters. The van der Waals surface area contributed by atoms with Crippen LogP contribution in [0.5, 0.6) is 5.75 Å². The largest absolute Gasteiger partial charge is 0.484 e. The summed E-state index contributed by atoms with van der Waals surface area (Å²) in [6.07, 6.45) is 3.36. The lowest BCUT2D eigenvalue weighted by Gasteiger charge is -2.32. The number of likely N-dealkylation sites (N-methyl/N-ethyl adjacent to an activating group) is 1. The third-order valence-electron chi connectivity index (χ3n) is 9.42. The maximum Gasteiger partial charge on any atom is 0.320 e. The van der Waals surface area contributed by atoms with Crippen molar-refractivity contribution in [1.29, 1.82) is 0 Å². The Morgan fingerprint density at radius 3 is 2.44 bits per heavy atom. The van der Waals surface area contributed by atoms with Crippen molar-refractivity contribution in [3.05, 3.63) is 101 Å². The van der Waals surface area contributed by atoms with E-state index < -0.39 is 0 Å². The van der Waals surface area contributed by atoms with Crippen molar-refractivity contribution >= 4 is 17.5 Å². The van der Waals surface area contributed by atoms with Crippen molar-refractivity contribution in [3.8, 4) is 11.4 Å². The van der Waals surface area contributed by atoms with Gasteiger partial charge < -0.3 is 15.0 Å². The first-order chi connectivity index (χ1) is 23.1. The van der Waals surface area contributed by atoms with E-state index in [1.165, 1.54) is 0 Å². The Balaban J connectivity index is 1.06. The fourth-order valence-corrected chi connectivity index (χ4v) is 6.52. The Labute approximate surface area is 281 Å². The van der Waals surface area contributed by atoms with Gasteiger partial charge in [-0.15, -0.1) is 10.2 Å². The van der Waals surface area contributed by atoms with Crippen LogP contribution in [0.4, 0.5) is 10.6 Å². The molecule has 250 valence electrons. The van der Waals surface area contributed by atoms with Gasteiger partial charge in [-0.25, -0.2) is 9.48 Å². The zero-order valence-corrected chi connectivity index (χ0v) is 28.5. The van der Waals surface area contributed by atoms with Gasteiger partial charge in [0.05, 0.1) is 30.2 Å². The van der Waals surface area contributed by atoms with Crippen LogP contribution in [-0.4, -0.2) is 73.4 Å². The fraction of sp³-hybridized carbons (Fsp3) is 0.405. The summed E-state index contributed by atoms with van der Waals surface area (Å²) < 4.78 is 10.5. The molecule has 2 aromatic carbocycles. The van der Waals surface area contributed by atoms with E-state index in [1.54, 1.807) is 0 Å². The summed E-state index contributed by atoms with van der Waals surface area (Å²) in [6.45, 7) is 13.3. The van der Waals surface area contributed by atoms with E-state index >= 15 is 0 Å². The van der Waals surface area contributed by atoms with Crippen molar-refractivity contribution in [2.24, 2.45) is 0 Å². The number of aromatic nitrogens is 5. The van der Waals surface area contributed by atoms with Gasteiger partial charge in [-0.05, 0) is 62.2 Å². The van der Waals surface area contributed by atoms with Gasteiger partial charge in [0.25, 0.3) is 0 Å². The van der Waals surface area contributed by atoms with E-state index in [1.807, 2.05) is 69.9 Å². The molecular weight excluding hydrogens is 602 g/mol. The number of hydrogen-bond acceptors (Lipinski definition) is 7. The molecule has 2 N–H and O–H groups in total. The molecule has 1 fully saturated rings. The number of carbonyl (C=O) groups excluding carboxylic acids is 1. The second kappa shape index (κ2) is 13.0. The molecule has 4 heterocycles. The van der Waals surface area contributed by atoms with Crippen LogP contribution in [0.3, 0.4) is 0 Å². The minimum absolute atomic E-state index is 0.144. The minimum Gasteiger partial charge on any atom is -0.484 e. The number of aryl methyl sites for hydroxylation is 1. The molecule has 0 bridgehead atoms. The minimum atomic E-state index is -0.270. The number of carbonyl (C=O) groups is 1. The molecule has 7 rings (SSSR count). The van der Waals surface area contributed by atoms with E-state index in [0.29, 0.717) is 5.82 Å². The number of benzene rings is 2. The topological polar surface area (TPSA) is 105 Å². The lowest BCUT2D eigenvalue weighted by atomic mass is 9.85. The normalized spacial score (nSPS) is 18.9. The number of amides is 2. The molecule has 2 aliphatic rings. The van der Waals surface area contributed by atoms with Crippen LogP contribution in [-0.2, 0) is 12.0 Å². The van der Waals surface area contributed by atoms with Crippen LogP contribution in [0.1, 0.15) is 74.0 Å². The summed E-state index contributed by atoms with van der Waals surface area (Å²) in [4.78, 5) is 18.3. The monoisotopic (exact) mass is 647 g/mol. The fourth-order valence-electron chi connectivity index (χ4n) is 6.52.